The lowest BCUT2D eigenvalue weighted by atomic mass is 9.83. The summed E-state index contributed by atoms with van der Waals surface area (Å²) in [6.45, 7) is 2.90. The number of halogens is 2. The Morgan fingerprint density at radius 2 is 2.26 bits per heavy atom. The molecule has 0 N–H and O–H groups in total. The average molecular weight is 298 g/mol. The number of hydrogen-bond acceptors (Lipinski definition) is 2. The molecule has 2 aromatic heterocycles. The van der Waals surface area contributed by atoms with E-state index in [1.165, 1.54) is 25.7 Å². The first kappa shape index (κ1) is 13.2. The van der Waals surface area contributed by atoms with Crippen molar-refractivity contribution in [1.29, 1.82) is 0 Å². The second-order valence-corrected chi connectivity index (χ2v) is 6.41. The van der Waals surface area contributed by atoms with Crippen LogP contribution in [0.2, 0.25) is 5.02 Å². The van der Waals surface area contributed by atoms with Crippen LogP contribution in [0.4, 0.5) is 0 Å². The SMILES string of the molecule is CC(Cl)c1nc2cc(Cl)cnc2n1CCC1CCC1. The summed E-state index contributed by atoms with van der Waals surface area (Å²) in [5, 5.41) is 0.499. The third kappa shape index (κ3) is 2.59. The van der Waals surface area contributed by atoms with E-state index in [1.807, 2.05) is 13.0 Å². The van der Waals surface area contributed by atoms with Gasteiger partial charge < -0.3 is 4.57 Å². The van der Waals surface area contributed by atoms with Crippen LogP contribution in [0.1, 0.15) is 43.8 Å². The molecule has 3 nitrogen and oxygen atoms in total. The summed E-state index contributed by atoms with van der Waals surface area (Å²) in [5.74, 6) is 1.76. The molecule has 0 spiro atoms. The Balaban J connectivity index is 1.95. The van der Waals surface area contributed by atoms with Crippen molar-refractivity contribution in [1.82, 2.24) is 14.5 Å². The normalized spacial score (nSPS) is 17.6. The van der Waals surface area contributed by atoms with E-state index in [4.69, 9.17) is 23.2 Å². The molecule has 2 aromatic rings. The number of aryl methyl sites for hydroxylation is 1. The van der Waals surface area contributed by atoms with E-state index in [9.17, 15) is 0 Å². The first-order valence-electron chi connectivity index (χ1n) is 6.81. The molecule has 0 aromatic carbocycles. The topological polar surface area (TPSA) is 30.7 Å². The van der Waals surface area contributed by atoms with Crippen LogP contribution in [0.15, 0.2) is 12.3 Å². The van der Waals surface area contributed by atoms with Crippen LogP contribution in [0.3, 0.4) is 0 Å². The van der Waals surface area contributed by atoms with Gasteiger partial charge in [0, 0.05) is 12.7 Å². The van der Waals surface area contributed by atoms with Gasteiger partial charge in [-0.15, -0.1) is 11.6 Å². The van der Waals surface area contributed by atoms with Crippen LogP contribution in [-0.4, -0.2) is 14.5 Å². The molecule has 1 aliphatic carbocycles. The van der Waals surface area contributed by atoms with E-state index in [1.54, 1.807) is 6.20 Å². The summed E-state index contributed by atoms with van der Waals surface area (Å²) >= 11 is 12.2. The van der Waals surface area contributed by atoms with Gasteiger partial charge in [-0.25, -0.2) is 9.97 Å². The van der Waals surface area contributed by atoms with Gasteiger partial charge >= 0.3 is 0 Å². The molecule has 0 bridgehead atoms. The molecule has 0 amide bonds. The van der Waals surface area contributed by atoms with Crippen molar-refractivity contribution < 1.29 is 0 Å². The largest absolute Gasteiger partial charge is 0.311 e. The molecular formula is C14H17Cl2N3. The predicted octanol–water partition coefficient (Wildman–Crippen LogP) is 4.57. The monoisotopic (exact) mass is 297 g/mol. The van der Waals surface area contributed by atoms with Crippen LogP contribution in [0, 0.1) is 5.92 Å². The molecule has 1 aliphatic rings. The van der Waals surface area contributed by atoms with Gasteiger partial charge in [-0.05, 0) is 25.3 Å². The van der Waals surface area contributed by atoms with Crippen molar-refractivity contribution in [3.63, 3.8) is 0 Å². The molecule has 0 radical (unpaired) electrons. The van der Waals surface area contributed by atoms with E-state index in [0.29, 0.717) is 5.02 Å². The van der Waals surface area contributed by atoms with E-state index in [2.05, 4.69) is 14.5 Å². The number of hydrogen-bond donors (Lipinski definition) is 0. The number of rotatable bonds is 4. The molecule has 19 heavy (non-hydrogen) atoms. The summed E-state index contributed by atoms with van der Waals surface area (Å²) in [6, 6.07) is 1.85. The van der Waals surface area contributed by atoms with Crippen LogP contribution < -0.4 is 0 Å². The molecule has 1 fully saturated rings. The maximum atomic E-state index is 6.24. The molecule has 5 heteroatoms. The van der Waals surface area contributed by atoms with Gasteiger partial charge in [-0.1, -0.05) is 30.9 Å². The van der Waals surface area contributed by atoms with Crippen LogP contribution in [-0.2, 0) is 6.54 Å². The fourth-order valence-electron chi connectivity index (χ4n) is 2.62. The number of fused-ring (bicyclic) bond motifs is 1. The maximum Gasteiger partial charge on any atom is 0.160 e. The molecule has 3 rings (SSSR count). The maximum absolute atomic E-state index is 6.24. The summed E-state index contributed by atoms with van der Waals surface area (Å²) in [7, 11) is 0. The lowest BCUT2D eigenvalue weighted by Crippen LogP contribution is -2.15. The lowest BCUT2D eigenvalue weighted by Gasteiger charge is -2.25. The van der Waals surface area contributed by atoms with Gasteiger partial charge in [0.2, 0.25) is 0 Å². The minimum Gasteiger partial charge on any atom is -0.311 e. The molecule has 2 heterocycles. The molecular weight excluding hydrogens is 281 g/mol. The number of pyridine rings is 1. The zero-order valence-electron chi connectivity index (χ0n) is 10.9. The lowest BCUT2D eigenvalue weighted by molar-refractivity contribution is 0.282. The van der Waals surface area contributed by atoms with Crippen molar-refractivity contribution in [2.45, 2.75) is 44.5 Å². The van der Waals surface area contributed by atoms with Crippen LogP contribution >= 0.6 is 23.2 Å². The smallest absolute Gasteiger partial charge is 0.160 e. The number of alkyl halides is 1. The Bertz CT molecular complexity index is 588. The highest BCUT2D eigenvalue weighted by Gasteiger charge is 2.20. The zero-order chi connectivity index (χ0) is 13.4. The summed E-state index contributed by atoms with van der Waals surface area (Å²) in [4.78, 5) is 8.99. The molecule has 1 atom stereocenters. The Morgan fingerprint density at radius 3 is 2.89 bits per heavy atom. The first-order valence-corrected chi connectivity index (χ1v) is 7.62. The number of imidazole rings is 1. The minimum absolute atomic E-state index is 0.116. The second kappa shape index (κ2) is 5.29. The van der Waals surface area contributed by atoms with Gasteiger partial charge in [0.15, 0.2) is 5.65 Å². The van der Waals surface area contributed by atoms with Gasteiger partial charge in [-0.2, -0.15) is 0 Å². The van der Waals surface area contributed by atoms with E-state index >= 15 is 0 Å². The molecule has 1 saturated carbocycles. The van der Waals surface area contributed by atoms with E-state index in [-0.39, 0.29) is 5.38 Å². The third-order valence-corrected chi connectivity index (χ3v) is 4.32. The quantitative estimate of drug-likeness (QED) is 0.774. The Labute approximate surface area is 122 Å². The fraction of sp³-hybridized carbons (Fsp3) is 0.571. The Morgan fingerprint density at radius 1 is 1.47 bits per heavy atom. The minimum atomic E-state index is -0.116. The highest BCUT2D eigenvalue weighted by Crippen LogP contribution is 2.31. The Kier molecular flexibility index (Phi) is 3.68. The zero-order valence-corrected chi connectivity index (χ0v) is 12.5. The average Bonchev–Trinajstić information content (AvgIpc) is 2.65. The van der Waals surface area contributed by atoms with Gasteiger partial charge in [0.05, 0.1) is 10.4 Å². The van der Waals surface area contributed by atoms with E-state index in [0.717, 1.165) is 29.5 Å². The van der Waals surface area contributed by atoms with E-state index < -0.39 is 0 Å². The number of aromatic nitrogens is 3. The first-order chi connectivity index (χ1) is 9.15. The fourth-order valence-corrected chi connectivity index (χ4v) is 2.94. The molecule has 0 aliphatic heterocycles. The van der Waals surface area contributed by atoms with Crippen molar-refractivity contribution >= 4 is 34.4 Å². The summed E-state index contributed by atoms with van der Waals surface area (Å²) in [5.41, 5.74) is 1.73. The molecule has 1 unspecified atom stereocenters. The Hall–Kier alpha value is -0.800. The summed E-state index contributed by atoms with van der Waals surface area (Å²) in [6.07, 6.45) is 6.96. The van der Waals surface area contributed by atoms with Crippen molar-refractivity contribution in [3.05, 3.63) is 23.1 Å². The van der Waals surface area contributed by atoms with Crippen molar-refractivity contribution in [2.24, 2.45) is 5.92 Å². The van der Waals surface area contributed by atoms with Gasteiger partial charge in [0.25, 0.3) is 0 Å². The highest BCUT2D eigenvalue weighted by atomic mass is 35.5. The number of nitrogens with zero attached hydrogens (tertiary/aromatic N) is 3. The van der Waals surface area contributed by atoms with Crippen LogP contribution in [0.25, 0.3) is 11.2 Å². The van der Waals surface area contributed by atoms with Gasteiger partial charge in [-0.3, -0.25) is 0 Å². The van der Waals surface area contributed by atoms with Crippen LogP contribution in [0.5, 0.6) is 0 Å². The molecule has 0 saturated heterocycles. The standard InChI is InChI=1S/C14H17Cl2N3/c1-9(15)13-18-12-7-11(16)8-17-14(12)19(13)6-5-10-3-2-4-10/h7-10H,2-6H2,1H3. The van der Waals surface area contributed by atoms with Crippen molar-refractivity contribution in [3.8, 4) is 0 Å². The predicted molar refractivity (Wildman–Crippen MR) is 78.8 cm³/mol. The summed E-state index contributed by atoms with van der Waals surface area (Å²) < 4.78 is 2.15. The molecule has 102 valence electrons. The van der Waals surface area contributed by atoms with Crippen molar-refractivity contribution in [2.75, 3.05) is 0 Å². The third-order valence-electron chi connectivity index (χ3n) is 3.92. The highest BCUT2D eigenvalue weighted by molar-refractivity contribution is 6.31. The second-order valence-electron chi connectivity index (χ2n) is 5.32. The van der Waals surface area contributed by atoms with Gasteiger partial charge in [0.1, 0.15) is 11.3 Å².